The molecule has 0 aliphatic rings. The Morgan fingerprint density at radius 2 is 1.19 bits per heavy atom. The summed E-state index contributed by atoms with van der Waals surface area (Å²) in [6.45, 7) is 6.04. The number of hydrogen-bond donors (Lipinski definition) is 1. The van der Waals surface area contributed by atoms with Crippen LogP contribution in [0.3, 0.4) is 0 Å². The summed E-state index contributed by atoms with van der Waals surface area (Å²) in [4.78, 5) is 0. The van der Waals surface area contributed by atoms with Crippen molar-refractivity contribution in [1.82, 2.24) is 4.72 Å². The molecule has 0 saturated carbocycles. The van der Waals surface area contributed by atoms with Gasteiger partial charge < -0.3 is 0 Å². The molecule has 0 aliphatic heterocycles. The van der Waals surface area contributed by atoms with Crippen molar-refractivity contribution < 1.29 is 4.21 Å². The number of nitrogens with one attached hydrogen (secondary N) is 1. The molecular formula is C33H32NOPS. The van der Waals surface area contributed by atoms with Crippen LogP contribution < -0.4 is 20.6 Å². The van der Waals surface area contributed by atoms with E-state index in [-0.39, 0.29) is 6.04 Å². The van der Waals surface area contributed by atoms with E-state index in [0.29, 0.717) is 0 Å². The molecule has 5 rings (SSSR count). The van der Waals surface area contributed by atoms with Gasteiger partial charge in [-0.25, -0.2) is 8.93 Å². The molecule has 2 unspecified atom stereocenters. The zero-order valence-corrected chi connectivity index (χ0v) is 23.2. The van der Waals surface area contributed by atoms with Crippen LogP contribution in [0.1, 0.15) is 37.9 Å². The molecule has 0 aliphatic carbocycles. The molecule has 5 aromatic rings. The Bertz CT molecular complexity index is 1470. The van der Waals surface area contributed by atoms with E-state index in [0.717, 1.165) is 11.1 Å². The molecule has 0 heterocycles. The van der Waals surface area contributed by atoms with Crippen LogP contribution in [0.4, 0.5) is 0 Å². The summed E-state index contributed by atoms with van der Waals surface area (Å²) in [6.07, 6.45) is 0. The molecule has 37 heavy (non-hydrogen) atoms. The Kier molecular flexibility index (Phi) is 7.67. The van der Waals surface area contributed by atoms with Crippen molar-refractivity contribution in [2.45, 2.75) is 31.6 Å². The third-order valence-corrected chi connectivity index (χ3v) is 10.5. The largest absolute Gasteiger partial charge is 0.242 e. The van der Waals surface area contributed by atoms with Crippen LogP contribution in [0, 0.1) is 0 Å². The molecule has 0 spiro atoms. The lowest BCUT2D eigenvalue weighted by molar-refractivity contribution is 0.624. The summed E-state index contributed by atoms with van der Waals surface area (Å²) in [6, 6.07) is 44.9. The number of benzene rings is 5. The normalized spacial score (nSPS) is 13.5. The molecular weight excluding hydrogens is 489 g/mol. The van der Waals surface area contributed by atoms with Crippen LogP contribution in [0.2, 0.25) is 0 Å². The maximum atomic E-state index is 13.5. The van der Waals surface area contributed by atoms with Gasteiger partial charge >= 0.3 is 0 Å². The third-order valence-electron chi connectivity index (χ3n) is 6.41. The highest BCUT2D eigenvalue weighted by atomic mass is 32.2. The molecule has 2 atom stereocenters. The van der Waals surface area contributed by atoms with Crippen molar-refractivity contribution >= 4 is 45.6 Å². The lowest BCUT2D eigenvalue weighted by atomic mass is 9.97. The molecule has 4 heteroatoms. The SMILES string of the molecule is CC(C)(C)S(=O)NC(c1ccc2ccccc2c1)c1ccccc1P(c1ccccc1)c1ccccc1. The Labute approximate surface area is 224 Å². The number of rotatable bonds is 7. The quantitative estimate of drug-likeness (QED) is 0.236. The number of hydrogen-bond acceptors (Lipinski definition) is 1. The van der Waals surface area contributed by atoms with Crippen LogP contribution in [-0.4, -0.2) is 8.96 Å². The van der Waals surface area contributed by atoms with Crippen LogP contribution >= 0.6 is 7.92 Å². The smallest absolute Gasteiger partial charge is 0.0979 e. The van der Waals surface area contributed by atoms with Crippen LogP contribution in [-0.2, 0) is 11.0 Å². The molecule has 186 valence electrons. The van der Waals surface area contributed by atoms with Gasteiger partial charge in [0.25, 0.3) is 0 Å². The summed E-state index contributed by atoms with van der Waals surface area (Å²) in [5.74, 6) is 0. The monoisotopic (exact) mass is 521 g/mol. The van der Waals surface area contributed by atoms with Gasteiger partial charge in [-0.05, 0) is 72.6 Å². The maximum Gasteiger partial charge on any atom is 0.0979 e. The van der Waals surface area contributed by atoms with E-state index >= 15 is 0 Å². The van der Waals surface area contributed by atoms with Crippen molar-refractivity contribution in [3.8, 4) is 0 Å². The molecule has 2 nitrogen and oxygen atoms in total. The Balaban J connectivity index is 1.71. The minimum absolute atomic E-state index is 0.224. The van der Waals surface area contributed by atoms with Gasteiger partial charge in [-0.3, -0.25) is 0 Å². The van der Waals surface area contributed by atoms with Gasteiger partial charge in [0.15, 0.2) is 0 Å². The first kappa shape index (κ1) is 25.5. The summed E-state index contributed by atoms with van der Waals surface area (Å²) in [7, 11) is -2.07. The van der Waals surface area contributed by atoms with Gasteiger partial charge in [0, 0.05) is 0 Å². The van der Waals surface area contributed by atoms with Crippen molar-refractivity contribution in [2.75, 3.05) is 0 Å². The minimum atomic E-state index is -1.26. The second kappa shape index (κ2) is 11.1. The highest BCUT2D eigenvalue weighted by Crippen LogP contribution is 2.37. The average molecular weight is 522 g/mol. The van der Waals surface area contributed by atoms with E-state index in [1.54, 1.807) is 0 Å². The highest BCUT2D eigenvalue weighted by Gasteiger charge is 2.28. The zero-order chi connectivity index (χ0) is 25.8. The highest BCUT2D eigenvalue weighted by molar-refractivity contribution is 7.84. The first-order chi connectivity index (χ1) is 17.9. The standard InChI is InChI=1S/C33H32NOPS/c1-33(2,3)37(35)34-32(27-23-22-25-14-10-11-15-26(25)24-27)30-20-12-13-21-31(30)36(28-16-6-4-7-17-28)29-18-8-5-9-19-29/h4-24,32,34H,1-3H3. The molecule has 0 bridgehead atoms. The Morgan fingerprint density at radius 3 is 1.81 bits per heavy atom. The van der Waals surface area contributed by atoms with Crippen molar-refractivity contribution in [3.63, 3.8) is 0 Å². The van der Waals surface area contributed by atoms with Crippen LogP contribution in [0.25, 0.3) is 10.8 Å². The van der Waals surface area contributed by atoms with Crippen molar-refractivity contribution in [1.29, 1.82) is 0 Å². The second-order valence-corrected chi connectivity index (χ2v) is 14.3. The predicted molar refractivity (Wildman–Crippen MR) is 162 cm³/mol. The topological polar surface area (TPSA) is 29.1 Å². The fraction of sp³-hybridized carbons (Fsp3) is 0.152. The van der Waals surface area contributed by atoms with Gasteiger partial charge in [-0.15, -0.1) is 0 Å². The Morgan fingerprint density at radius 1 is 0.649 bits per heavy atom. The van der Waals surface area contributed by atoms with E-state index in [9.17, 15) is 4.21 Å². The fourth-order valence-corrected chi connectivity index (χ4v) is 7.82. The Hall–Kier alpha value is -3.10. The molecule has 0 aromatic heterocycles. The maximum absolute atomic E-state index is 13.5. The van der Waals surface area contributed by atoms with Gasteiger partial charge in [0.05, 0.1) is 21.8 Å². The molecule has 0 amide bonds. The average Bonchev–Trinajstić information content (AvgIpc) is 2.92. The minimum Gasteiger partial charge on any atom is -0.242 e. The van der Waals surface area contributed by atoms with Crippen LogP contribution in [0.5, 0.6) is 0 Å². The van der Waals surface area contributed by atoms with Gasteiger partial charge in [-0.2, -0.15) is 0 Å². The summed E-state index contributed by atoms with van der Waals surface area (Å²) in [5.41, 5.74) is 2.27. The van der Waals surface area contributed by atoms with Crippen LogP contribution in [0.15, 0.2) is 127 Å². The first-order valence-electron chi connectivity index (χ1n) is 12.6. The van der Waals surface area contributed by atoms with E-state index in [4.69, 9.17) is 0 Å². The summed E-state index contributed by atoms with van der Waals surface area (Å²) < 4.78 is 16.7. The van der Waals surface area contributed by atoms with Crippen molar-refractivity contribution in [3.05, 3.63) is 139 Å². The third kappa shape index (κ3) is 5.75. The van der Waals surface area contributed by atoms with E-state index in [1.807, 2.05) is 20.8 Å². The number of fused-ring (bicyclic) bond motifs is 1. The molecule has 0 fully saturated rings. The van der Waals surface area contributed by atoms with Gasteiger partial charge in [-0.1, -0.05) is 121 Å². The van der Waals surface area contributed by atoms with Gasteiger partial charge in [0.2, 0.25) is 0 Å². The zero-order valence-electron chi connectivity index (χ0n) is 21.5. The molecule has 5 aromatic carbocycles. The molecule has 0 saturated heterocycles. The predicted octanol–water partition coefficient (Wildman–Crippen LogP) is 6.74. The second-order valence-electron chi connectivity index (χ2n) is 10.1. The van der Waals surface area contributed by atoms with Gasteiger partial charge in [0.1, 0.15) is 0 Å². The van der Waals surface area contributed by atoms with E-state index < -0.39 is 23.7 Å². The molecule has 0 radical (unpaired) electrons. The summed E-state index contributed by atoms with van der Waals surface area (Å²) in [5, 5.41) is 6.24. The summed E-state index contributed by atoms with van der Waals surface area (Å²) >= 11 is 0. The lowest BCUT2D eigenvalue weighted by Gasteiger charge is -2.29. The van der Waals surface area contributed by atoms with E-state index in [1.165, 1.54) is 26.7 Å². The molecule has 1 N–H and O–H groups in total. The lowest BCUT2D eigenvalue weighted by Crippen LogP contribution is -2.38. The van der Waals surface area contributed by atoms with E-state index in [2.05, 4.69) is 132 Å². The first-order valence-corrected chi connectivity index (χ1v) is 15.1. The van der Waals surface area contributed by atoms with Crippen molar-refractivity contribution in [2.24, 2.45) is 0 Å². The fourth-order valence-electron chi connectivity index (χ4n) is 4.50.